The Kier molecular flexibility index (Phi) is 5.00. The lowest BCUT2D eigenvalue weighted by atomic mass is 10.2. The van der Waals surface area contributed by atoms with Crippen molar-refractivity contribution in [3.8, 4) is 11.5 Å². The number of esters is 1. The maximum absolute atomic E-state index is 11.5. The number of rotatable bonds is 6. The van der Waals surface area contributed by atoms with E-state index in [1.165, 1.54) is 12.1 Å². The molecule has 0 aromatic heterocycles. The van der Waals surface area contributed by atoms with Gasteiger partial charge in [0.05, 0.1) is 13.0 Å². The highest BCUT2D eigenvalue weighted by Gasteiger charge is 2.04. The predicted molar refractivity (Wildman–Crippen MR) is 74.5 cm³/mol. The van der Waals surface area contributed by atoms with E-state index in [9.17, 15) is 4.79 Å². The van der Waals surface area contributed by atoms with Crippen LogP contribution in [0.4, 0.5) is 0 Å². The van der Waals surface area contributed by atoms with Crippen molar-refractivity contribution in [3.63, 3.8) is 0 Å². The van der Waals surface area contributed by atoms with Crippen LogP contribution in [0.3, 0.4) is 0 Å². The Balaban J connectivity index is 1.66. The molecule has 4 nitrogen and oxygen atoms in total. The van der Waals surface area contributed by atoms with Gasteiger partial charge in [0, 0.05) is 0 Å². The van der Waals surface area contributed by atoms with E-state index < -0.39 is 0 Å². The molecular weight excluding hydrogens is 256 g/mol. The molecule has 0 bridgehead atoms. The molecule has 0 aliphatic carbocycles. The molecule has 0 aliphatic rings. The number of carbonyl (C=O) groups excluding carboxylic acids is 1. The summed E-state index contributed by atoms with van der Waals surface area (Å²) in [6.45, 7) is 0.525. The summed E-state index contributed by atoms with van der Waals surface area (Å²) in [5.74, 6) is 0.492. The number of phenols is 1. The smallest absolute Gasteiger partial charge is 0.309 e. The lowest BCUT2D eigenvalue weighted by Gasteiger charge is -2.07. The van der Waals surface area contributed by atoms with Gasteiger partial charge in [0.2, 0.25) is 0 Å². The first-order valence-corrected chi connectivity index (χ1v) is 6.35. The molecule has 0 amide bonds. The zero-order valence-electron chi connectivity index (χ0n) is 11.0. The van der Waals surface area contributed by atoms with Crippen LogP contribution in [0.25, 0.3) is 0 Å². The first kappa shape index (κ1) is 13.9. The summed E-state index contributed by atoms with van der Waals surface area (Å²) in [6, 6.07) is 15.9. The maximum Gasteiger partial charge on any atom is 0.309 e. The highest BCUT2D eigenvalue weighted by Crippen LogP contribution is 2.16. The minimum atomic E-state index is -0.298. The van der Waals surface area contributed by atoms with Crippen LogP contribution >= 0.6 is 0 Å². The first-order valence-electron chi connectivity index (χ1n) is 6.35. The van der Waals surface area contributed by atoms with Gasteiger partial charge in [-0.05, 0) is 29.8 Å². The number of benzene rings is 2. The summed E-state index contributed by atoms with van der Waals surface area (Å²) >= 11 is 0. The summed E-state index contributed by atoms with van der Waals surface area (Å²) in [5, 5.41) is 9.12. The molecule has 0 unspecified atom stereocenters. The Morgan fingerprint density at radius 3 is 2.40 bits per heavy atom. The van der Waals surface area contributed by atoms with Gasteiger partial charge in [-0.3, -0.25) is 4.79 Å². The number of hydrogen-bond donors (Lipinski definition) is 1. The Bertz CT molecular complexity index is 534. The monoisotopic (exact) mass is 272 g/mol. The van der Waals surface area contributed by atoms with Gasteiger partial charge < -0.3 is 14.6 Å². The summed E-state index contributed by atoms with van der Waals surface area (Å²) in [6.07, 6.45) is 0.188. The molecule has 0 heterocycles. The molecule has 0 fully saturated rings. The van der Waals surface area contributed by atoms with E-state index in [2.05, 4.69) is 0 Å². The van der Waals surface area contributed by atoms with E-state index in [-0.39, 0.29) is 31.4 Å². The fourth-order valence-corrected chi connectivity index (χ4v) is 1.60. The van der Waals surface area contributed by atoms with Crippen molar-refractivity contribution in [2.45, 2.75) is 13.0 Å². The standard InChI is InChI=1S/C16H16O4/c17-14-6-8-15(9-7-14)19-11-10-16(18)20-12-13-4-2-1-3-5-13/h1-9,17H,10-12H2. The molecule has 2 aromatic carbocycles. The van der Waals surface area contributed by atoms with Crippen LogP contribution in [0.5, 0.6) is 11.5 Å². The van der Waals surface area contributed by atoms with Crippen molar-refractivity contribution in [2.75, 3.05) is 6.61 Å². The molecule has 2 rings (SSSR count). The lowest BCUT2D eigenvalue weighted by molar-refractivity contribution is -0.145. The quantitative estimate of drug-likeness (QED) is 0.821. The van der Waals surface area contributed by atoms with E-state index in [1.807, 2.05) is 30.3 Å². The maximum atomic E-state index is 11.5. The van der Waals surface area contributed by atoms with Crippen LogP contribution < -0.4 is 4.74 Å². The van der Waals surface area contributed by atoms with Crippen LogP contribution in [-0.2, 0) is 16.1 Å². The average Bonchev–Trinajstić information content (AvgIpc) is 2.48. The van der Waals surface area contributed by atoms with Crippen molar-refractivity contribution in [3.05, 3.63) is 60.2 Å². The van der Waals surface area contributed by atoms with Crippen molar-refractivity contribution < 1.29 is 19.4 Å². The highest BCUT2D eigenvalue weighted by molar-refractivity contribution is 5.69. The molecule has 0 radical (unpaired) electrons. The van der Waals surface area contributed by atoms with E-state index in [0.29, 0.717) is 5.75 Å². The third-order valence-electron chi connectivity index (χ3n) is 2.65. The second kappa shape index (κ2) is 7.19. The van der Waals surface area contributed by atoms with Crippen LogP contribution in [-0.4, -0.2) is 17.7 Å². The molecule has 0 spiro atoms. The van der Waals surface area contributed by atoms with Crippen molar-refractivity contribution in [1.29, 1.82) is 0 Å². The lowest BCUT2D eigenvalue weighted by Crippen LogP contribution is -2.09. The third kappa shape index (κ3) is 4.65. The summed E-state index contributed by atoms with van der Waals surface area (Å²) in [7, 11) is 0. The average molecular weight is 272 g/mol. The summed E-state index contributed by atoms with van der Waals surface area (Å²) < 4.78 is 10.5. The van der Waals surface area contributed by atoms with Gasteiger partial charge in [-0.25, -0.2) is 0 Å². The van der Waals surface area contributed by atoms with Gasteiger partial charge in [-0.2, -0.15) is 0 Å². The summed E-state index contributed by atoms with van der Waals surface area (Å²) in [4.78, 5) is 11.5. The third-order valence-corrected chi connectivity index (χ3v) is 2.65. The number of ether oxygens (including phenoxy) is 2. The molecule has 0 saturated carbocycles. The van der Waals surface area contributed by atoms with E-state index >= 15 is 0 Å². The SMILES string of the molecule is O=C(CCOc1ccc(O)cc1)OCc1ccccc1. The zero-order valence-corrected chi connectivity index (χ0v) is 11.0. The second-order valence-electron chi connectivity index (χ2n) is 4.24. The van der Waals surface area contributed by atoms with Crippen molar-refractivity contribution in [2.24, 2.45) is 0 Å². The molecule has 2 aromatic rings. The zero-order chi connectivity index (χ0) is 14.2. The van der Waals surface area contributed by atoms with Gasteiger partial charge in [-0.1, -0.05) is 30.3 Å². The number of carbonyl (C=O) groups is 1. The first-order chi connectivity index (χ1) is 9.74. The topological polar surface area (TPSA) is 55.8 Å². The van der Waals surface area contributed by atoms with Gasteiger partial charge in [-0.15, -0.1) is 0 Å². The second-order valence-corrected chi connectivity index (χ2v) is 4.24. The molecule has 0 aliphatic heterocycles. The minimum absolute atomic E-state index is 0.180. The fourth-order valence-electron chi connectivity index (χ4n) is 1.60. The Labute approximate surface area is 117 Å². The number of hydrogen-bond acceptors (Lipinski definition) is 4. The van der Waals surface area contributed by atoms with Crippen LogP contribution in [0.1, 0.15) is 12.0 Å². The Morgan fingerprint density at radius 1 is 1.00 bits per heavy atom. The van der Waals surface area contributed by atoms with Crippen LogP contribution in [0.15, 0.2) is 54.6 Å². The molecule has 0 saturated heterocycles. The van der Waals surface area contributed by atoms with E-state index in [1.54, 1.807) is 12.1 Å². The Hall–Kier alpha value is -2.49. The normalized spacial score (nSPS) is 10.0. The number of phenolic OH excluding ortho intramolecular Hbond substituents is 1. The number of aromatic hydroxyl groups is 1. The van der Waals surface area contributed by atoms with Crippen LogP contribution in [0, 0.1) is 0 Å². The van der Waals surface area contributed by atoms with Crippen LogP contribution in [0.2, 0.25) is 0 Å². The molecule has 1 N–H and O–H groups in total. The predicted octanol–water partition coefficient (Wildman–Crippen LogP) is 2.90. The molecule has 104 valence electrons. The van der Waals surface area contributed by atoms with Crippen molar-refractivity contribution >= 4 is 5.97 Å². The largest absolute Gasteiger partial charge is 0.508 e. The molecule has 0 atom stereocenters. The van der Waals surface area contributed by atoms with Gasteiger partial charge >= 0.3 is 5.97 Å². The van der Waals surface area contributed by atoms with Crippen molar-refractivity contribution in [1.82, 2.24) is 0 Å². The molecular formula is C16H16O4. The van der Waals surface area contributed by atoms with E-state index in [0.717, 1.165) is 5.56 Å². The molecule has 20 heavy (non-hydrogen) atoms. The van der Waals surface area contributed by atoms with Gasteiger partial charge in [0.15, 0.2) is 0 Å². The summed E-state index contributed by atoms with van der Waals surface area (Å²) in [5.41, 5.74) is 0.959. The highest BCUT2D eigenvalue weighted by atomic mass is 16.5. The Morgan fingerprint density at radius 2 is 1.70 bits per heavy atom. The van der Waals surface area contributed by atoms with E-state index in [4.69, 9.17) is 14.6 Å². The van der Waals surface area contributed by atoms with Gasteiger partial charge in [0.1, 0.15) is 18.1 Å². The van der Waals surface area contributed by atoms with Gasteiger partial charge in [0.25, 0.3) is 0 Å². The fraction of sp³-hybridized carbons (Fsp3) is 0.188. The minimum Gasteiger partial charge on any atom is -0.508 e. The molecule has 4 heteroatoms.